The third kappa shape index (κ3) is 1.75. The first kappa shape index (κ1) is 9.53. The van der Waals surface area contributed by atoms with Gasteiger partial charge in [0.15, 0.2) is 0 Å². The van der Waals surface area contributed by atoms with Crippen molar-refractivity contribution >= 4 is 0 Å². The lowest BCUT2D eigenvalue weighted by molar-refractivity contribution is 0.472. The van der Waals surface area contributed by atoms with E-state index in [0.717, 1.165) is 12.0 Å². The van der Waals surface area contributed by atoms with Gasteiger partial charge < -0.3 is 10.8 Å². The standard InChI is InChI=1S/C12H17NO/c1-2-8-5-6-10(14)7-11(8)12(13)9-3-4-9/h5-7,9,12,14H,2-4,13H2,1H3/t12-/m0/s1. The Morgan fingerprint density at radius 3 is 2.79 bits per heavy atom. The topological polar surface area (TPSA) is 46.2 Å². The van der Waals surface area contributed by atoms with Crippen LogP contribution in [0.4, 0.5) is 0 Å². The first-order valence-electron chi connectivity index (χ1n) is 5.29. The number of aromatic hydroxyl groups is 1. The second-order valence-corrected chi connectivity index (χ2v) is 4.10. The summed E-state index contributed by atoms with van der Waals surface area (Å²) >= 11 is 0. The Morgan fingerprint density at radius 1 is 1.50 bits per heavy atom. The minimum atomic E-state index is 0.122. The number of aryl methyl sites for hydroxylation is 1. The molecule has 1 aliphatic rings. The number of benzene rings is 1. The molecule has 1 aromatic rings. The molecule has 2 heteroatoms. The van der Waals surface area contributed by atoms with Crippen LogP contribution in [0.15, 0.2) is 18.2 Å². The Morgan fingerprint density at radius 2 is 2.21 bits per heavy atom. The molecule has 1 aliphatic carbocycles. The van der Waals surface area contributed by atoms with E-state index in [1.165, 1.54) is 18.4 Å². The van der Waals surface area contributed by atoms with Gasteiger partial charge in [0.2, 0.25) is 0 Å². The molecule has 0 radical (unpaired) electrons. The fourth-order valence-electron chi connectivity index (χ4n) is 1.92. The van der Waals surface area contributed by atoms with Crippen molar-refractivity contribution in [1.82, 2.24) is 0 Å². The minimum Gasteiger partial charge on any atom is -0.508 e. The molecule has 0 heterocycles. The first-order valence-corrected chi connectivity index (χ1v) is 5.29. The van der Waals surface area contributed by atoms with E-state index in [1.807, 2.05) is 12.1 Å². The average molecular weight is 191 g/mol. The minimum absolute atomic E-state index is 0.122. The second kappa shape index (κ2) is 3.62. The summed E-state index contributed by atoms with van der Waals surface area (Å²) in [6, 6.07) is 5.66. The first-order chi connectivity index (χ1) is 6.72. The van der Waals surface area contributed by atoms with Gasteiger partial charge in [0, 0.05) is 6.04 Å². The van der Waals surface area contributed by atoms with E-state index in [1.54, 1.807) is 6.07 Å². The van der Waals surface area contributed by atoms with Crippen molar-refractivity contribution in [2.75, 3.05) is 0 Å². The monoisotopic (exact) mass is 191 g/mol. The molecule has 0 saturated heterocycles. The zero-order chi connectivity index (χ0) is 10.1. The number of nitrogens with two attached hydrogens (primary N) is 1. The van der Waals surface area contributed by atoms with E-state index in [9.17, 15) is 5.11 Å². The van der Waals surface area contributed by atoms with Crippen LogP contribution in [0.25, 0.3) is 0 Å². The van der Waals surface area contributed by atoms with E-state index in [-0.39, 0.29) is 6.04 Å². The summed E-state index contributed by atoms with van der Waals surface area (Å²) in [5, 5.41) is 9.43. The van der Waals surface area contributed by atoms with Gasteiger partial charge in [0.1, 0.15) is 5.75 Å². The quantitative estimate of drug-likeness (QED) is 0.770. The molecular weight excluding hydrogens is 174 g/mol. The predicted molar refractivity (Wildman–Crippen MR) is 57.1 cm³/mol. The van der Waals surface area contributed by atoms with Gasteiger partial charge in [-0.15, -0.1) is 0 Å². The molecule has 0 aliphatic heterocycles. The predicted octanol–water partition coefficient (Wildman–Crippen LogP) is 2.36. The number of phenols is 1. The largest absolute Gasteiger partial charge is 0.508 e. The maximum atomic E-state index is 9.43. The summed E-state index contributed by atoms with van der Waals surface area (Å²) in [7, 11) is 0. The SMILES string of the molecule is CCc1ccc(O)cc1[C@@H](N)C1CC1. The van der Waals surface area contributed by atoms with E-state index in [2.05, 4.69) is 6.92 Å². The second-order valence-electron chi connectivity index (χ2n) is 4.10. The third-order valence-electron chi connectivity index (χ3n) is 3.00. The number of phenolic OH excluding ortho intramolecular Hbond substituents is 1. The highest BCUT2D eigenvalue weighted by molar-refractivity contribution is 5.37. The number of hydrogen-bond donors (Lipinski definition) is 2. The molecule has 1 atom stereocenters. The van der Waals surface area contributed by atoms with Crippen LogP contribution in [-0.2, 0) is 6.42 Å². The lowest BCUT2D eigenvalue weighted by Gasteiger charge is -2.15. The Kier molecular flexibility index (Phi) is 2.46. The van der Waals surface area contributed by atoms with Gasteiger partial charge >= 0.3 is 0 Å². The zero-order valence-electron chi connectivity index (χ0n) is 8.53. The molecule has 2 nitrogen and oxygen atoms in total. The van der Waals surface area contributed by atoms with Gasteiger partial charge in [-0.25, -0.2) is 0 Å². The number of hydrogen-bond acceptors (Lipinski definition) is 2. The van der Waals surface area contributed by atoms with Crippen LogP contribution < -0.4 is 5.73 Å². The molecule has 14 heavy (non-hydrogen) atoms. The summed E-state index contributed by atoms with van der Waals surface area (Å²) in [5.41, 5.74) is 8.53. The molecule has 76 valence electrons. The van der Waals surface area contributed by atoms with Crippen LogP contribution in [0.2, 0.25) is 0 Å². The Bertz CT molecular complexity index is 331. The van der Waals surface area contributed by atoms with Crippen LogP contribution in [0.5, 0.6) is 5.75 Å². The molecule has 2 rings (SSSR count). The van der Waals surface area contributed by atoms with E-state index in [0.29, 0.717) is 11.7 Å². The average Bonchev–Trinajstić information content (AvgIpc) is 3.00. The molecule has 3 N–H and O–H groups in total. The zero-order valence-corrected chi connectivity index (χ0v) is 8.53. The highest BCUT2D eigenvalue weighted by Crippen LogP contribution is 2.41. The van der Waals surface area contributed by atoms with E-state index in [4.69, 9.17) is 5.73 Å². The van der Waals surface area contributed by atoms with Crippen LogP contribution in [0, 0.1) is 5.92 Å². The normalized spacial score (nSPS) is 18.1. The smallest absolute Gasteiger partial charge is 0.115 e. The van der Waals surface area contributed by atoms with Crippen LogP contribution in [0.1, 0.15) is 36.9 Å². The third-order valence-corrected chi connectivity index (χ3v) is 3.00. The molecule has 0 aromatic heterocycles. The number of rotatable bonds is 3. The molecule has 1 saturated carbocycles. The Balaban J connectivity index is 2.32. The van der Waals surface area contributed by atoms with Crippen LogP contribution >= 0.6 is 0 Å². The molecule has 0 unspecified atom stereocenters. The summed E-state index contributed by atoms with van der Waals surface area (Å²) in [6.07, 6.45) is 3.45. The Labute approximate surface area is 84.7 Å². The van der Waals surface area contributed by atoms with Crippen molar-refractivity contribution in [2.24, 2.45) is 11.7 Å². The maximum absolute atomic E-state index is 9.43. The van der Waals surface area contributed by atoms with Crippen LogP contribution in [0.3, 0.4) is 0 Å². The van der Waals surface area contributed by atoms with E-state index >= 15 is 0 Å². The lowest BCUT2D eigenvalue weighted by atomic mass is 9.96. The van der Waals surface area contributed by atoms with Crippen molar-refractivity contribution in [2.45, 2.75) is 32.2 Å². The maximum Gasteiger partial charge on any atom is 0.115 e. The molecule has 1 fully saturated rings. The molecule has 0 spiro atoms. The molecular formula is C12H17NO. The fraction of sp³-hybridized carbons (Fsp3) is 0.500. The van der Waals surface area contributed by atoms with Gasteiger partial charge in [-0.1, -0.05) is 13.0 Å². The van der Waals surface area contributed by atoms with E-state index < -0.39 is 0 Å². The summed E-state index contributed by atoms with van der Waals surface area (Å²) in [5.74, 6) is 0.968. The molecule has 0 bridgehead atoms. The summed E-state index contributed by atoms with van der Waals surface area (Å²) < 4.78 is 0. The highest BCUT2D eigenvalue weighted by atomic mass is 16.3. The van der Waals surface area contributed by atoms with Gasteiger partial charge in [-0.3, -0.25) is 0 Å². The van der Waals surface area contributed by atoms with Gasteiger partial charge in [0.25, 0.3) is 0 Å². The van der Waals surface area contributed by atoms with Crippen LogP contribution in [-0.4, -0.2) is 5.11 Å². The molecule has 0 amide bonds. The van der Waals surface area contributed by atoms with Gasteiger partial charge in [0.05, 0.1) is 0 Å². The Hall–Kier alpha value is -1.02. The highest BCUT2D eigenvalue weighted by Gasteiger charge is 2.30. The summed E-state index contributed by atoms with van der Waals surface area (Å²) in [4.78, 5) is 0. The van der Waals surface area contributed by atoms with Crippen molar-refractivity contribution in [3.05, 3.63) is 29.3 Å². The van der Waals surface area contributed by atoms with Crippen molar-refractivity contribution in [1.29, 1.82) is 0 Å². The summed E-state index contributed by atoms with van der Waals surface area (Å²) in [6.45, 7) is 2.12. The van der Waals surface area contributed by atoms with Crippen molar-refractivity contribution in [3.8, 4) is 5.75 Å². The lowest BCUT2D eigenvalue weighted by Crippen LogP contribution is -2.14. The van der Waals surface area contributed by atoms with Gasteiger partial charge in [-0.05, 0) is 48.4 Å². The molecule has 1 aromatic carbocycles. The van der Waals surface area contributed by atoms with Gasteiger partial charge in [-0.2, -0.15) is 0 Å². The fourth-order valence-corrected chi connectivity index (χ4v) is 1.92. The van der Waals surface area contributed by atoms with Crippen molar-refractivity contribution in [3.63, 3.8) is 0 Å². The van der Waals surface area contributed by atoms with Crippen molar-refractivity contribution < 1.29 is 5.11 Å².